The van der Waals surface area contributed by atoms with Crippen molar-refractivity contribution in [3.05, 3.63) is 142 Å². The van der Waals surface area contributed by atoms with Crippen LogP contribution in [0.4, 0.5) is 5.69 Å². The van der Waals surface area contributed by atoms with Crippen molar-refractivity contribution >= 4 is 50.7 Å². The van der Waals surface area contributed by atoms with Crippen molar-refractivity contribution < 1.29 is 23.6 Å². The predicted molar refractivity (Wildman–Crippen MR) is 173 cm³/mol. The molecule has 12 heteroatoms. The minimum atomic E-state index is -0.851. The maximum Gasteiger partial charge on any atom is 0.338 e. The Labute approximate surface area is 268 Å². The lowest BCUT2D eigenvalue weighted by Crippen LogP contribution is -2.40. The maximum atomic E-state index is 14.1. The molecule has 0 aliphatic carbocycles. The molecule has 0 unspecified atom stereocenters. The minimum absolute atomic E-state index is 0.0545. The monoisotopic (exact) mass is 685 g/mol. The van der Waals surface area contributed by atoms with Crippen LogP contribution in [-0.2, 0) is 9.53 Å². The zero-order valence-corrected chi connectivity index (χ0v) is 26.3. The molecule has 0 amide bonds. The standard InChI is InChI=1S/C33H24BrN3O7S/c1-3-43-32(39)28-29(19-8-5-4-6-9-19)35-33-36(30(28)20-10-7-11-22(16-20)42-2)31(38)27(45-33)18-23-13-15-26(44-23)24-14-12-21(37(40)41)17-25(24)34/h4-18,30H,3H2,1-2H3/b27-18-/t30-/m0/s1. The van der Waals surface area contributed by atoms with E-state index in [2.05, 4.69) is 15.9 Å². The third-order valence-corrected chi connectivity index (χ3v) is 8.75. The van der Waals surface area contributed by atoms with Crippen LogP contribution in [0.3, 0.4) is 0 Å². The summed E-state index contributed by atoms with van der Waals surface area (Å²) in [6.45, 7) is 1.87. The summed E-state index contributed by atoms with van der Waals surface area (Å²) in [7, 11) is 1.55. The van der Waals surface area contributed by atoms with E-state index >= 15 is 0 Å². The molecule has 6 rings (SSSR count). The fraction of sp³-hybridized carbons (Fsp3) is 0.121. The minimum Gasteiger partial charge on any atom is -0.497 e. The number of halogens is 1. The number of hydrogen-bond acceptors (Lipinski definition) is 9. The van der Waals surface area contributed by atoms with E-state index in [1.165, 1.54) is 28.0 Å². The van der Waals surface area contributed by atoms with Crippen LogP contribution < -0.4 is 19.6 Å². The lowest BCUT2D eigenvalue weighted by molar-refractivity contribution is -0.384. The Bertz CT molecular complexity index is 2170. The summed E-state index contributed by atoms with van der Waals surface area (Å²) in [6.07, 6.45) is 1.62. The molecule has 10 nitrogen and oxygen atoms in total. The molecule has 0 N–H and O–H groups in total. The molecular formula is C33H24BrN3O7S. The molecule has 2 aromatic heterocycles. The van der Waals surface area contributed by atoms with Crippen molar-refractivity contribution in [2.24, 2.45) is 4.99 Å². The fourth-order valence-electron chi connectivity index (χ4n) is 5.09. The topological polar surface area (TPSA) is 126 Å². The molecular weight excluding hydrogens is 662 g/mol. The van der Waals surface area contributed by atoms with E-state index < -0.39 is 16.9 Å². The van der Waals surface area contributed by atoms with Crippen LogP contribution in [0.5, 0.6) is 5.75 Å². The number of nitro benzene ring substituents is 1. The molecule has 3 heterocycles. The number of aromatic nitrogens is 1. The summed E-state index contributed by atoms with van der Waals surface area (Å²) in [5.74, 6) is 0.843. The van der Waals surface area contributed by atoms with Gasteiger partial charge in [-0.15, -0.1) is 0 Å². The Morgan fingerprint density at radius 1 is 1.11 bits per heavy atom. The Balaban J connectivity index is 1.54. The van der Waals surface area contributed by atoms with E-state index in [1.54, 1.807) is 56.5 Å². The largest absolute Gasteiger partial charge is 0.497 e. The molecule has 3 aromatic carbocycles. The number of esters is 1. The molecule has 0 saturated heterocycles. The number of hydrogen-bond donors (Lipinski definition) is 0. The molecule has 226 valence electrons. The lowest BCUT2D eigenvalue weighted by atomic mass is 9.93. The van der Waals surface area contributed by atoms with Crippen molar-refractivity contribution in [1.82, 2.24) is 4.57 Å². The molecule has 0 saturated carbocycles. The first-order valence-electron chi connectivity index (χ1n) is 13.8. The quantitative estimate of drug-likeness (QED) is 0.114. The van der Waals surface area contributed by atoms with Gasteiger partial charge in [-0.3, -0.25) is 19.5 Å². The number of non-ortho nitro benzene ring substituents is 1. The normalized spacial score (nSPS) is 14.6. The smallest absolute Gasteiger partial charge is 0.338 e. The Morgan fingerprint density at radius 2 is 1.91 bits per heavy atom. The average molecular weight is 687 g/mol. The first kappa shape index (κ1) is 30.0. The zero-order valence-electron chi connectivity index (χ0n) is 23.9. The number of nitro groups is 1. The zero-order chi connectivity index (χ0) is 31.7. The number of nitrogens with zero attached hydrogens (tertiary/aromatic N) is 3. The third kappa shape index (κ3) is 5.77. The molecule has 1 aliphatic rings. The summed E-state index contributed by atoms with van der Waals surface area (Å²) in [5.41, 5.74) is 2.20. The highest BCUT2D eigenvalue weighted by Crippen LogP contribution is 2.36. The number of methoxy groups -OCH3 is 1. The molecule has 1 atom stereocenters. The highest BCUT2D eigenvalue weighted by Gasteiger charge is 2.35. The van der Waals surface area contributed by atoms with Crippen LogP contribution in [0.25, 0.3) is 23.1 Å². The SMILES string of the molecule is CCOC(=O)C1=C(c2ccccc2)N=c2s/c(=C\c3ccc(-c4ccc([N+](=O)[O-])cc4Br)o3)c(=O)n2[C@H]1c1cccc(OC)c1. The van der Waals surface area contributed by atoms with Crippen molar-refractivity contribution in [3.8, 4) is 17.1 Å². The van der Waals surface area contributed by atoms with Crippen LogP contribution in [0.15, 0.2) is 109 Å². The number of ether oxygens (including phenoxy) is 2. The second-order valence-electron chi connectivity index (χ2n) is 9.83. The Kier molecular flexibility index (Phi) is 8.33. The lowest BCUT2D eigenvalue weighted by Gasteiger charge is -2.26. The van der Waals surface area contributed by atoms with E-state index in [9.17, 15) is 19.7 Å². The first-order valence-corrected chi connectivity index (χ1v) is 15.4. The van der Waals surface area contributed by atoms with Crippen LogP contribution >= 0.6 is 27.3 Å². The highest BCUT2D eigenvalue weighted by molar-refractivity contribution is 9.10. The molecule has 0 spiro atoms. The Hall–Kier alpha value is -5.07. The average Bonchev–Trinajstić information content (AvgIpc) is 3.64. The highest BCUT2D eigenvalue weighted by atomic mass is 79.9. The second-order valence-corrected chi connectivity index (χ2v) is 11.7. The third-order valence-electron chi connectivity index (χ3n) is 7.11. The predicted octanol–water partition coefficient (Wildman–Crippen LogP) is 5.87. The molecule has 1 aliphatic heterocycles. The summed E-state index contributed by atoms with van der Waals surface area (Å²) in [5, 5.41) is 11.1. The summed E-state index contributed by atoms with van der Waals surface area (Å²) >= 11 is 4.55. The molecule has 45 heavy (non-hydrogen) atoms. The van der Waals surface area contributed by atoms with Gasteiger partial charge in [-0.1, -0.05) is 53.8 Å². The van der Waals surface area contributed by atoms with Gasteiger partial charge in [0.2, 0.25) is 0 Å². The number of carbonyl (C=O) groups is 1. The van der Waals surface area contributed by atoms with Gasteiger partial charge in [-0.25, -0.2) is 9.79 Å². The first-order chi connectivity index (χ1) is 21.8. The van der Waals surface area contributed by atoms with E-state index in [1.807, 2.05) is 36.4 Å². The van der Waals surface area contributed by atoms with Crippen LogP contribution in [-0.4, -0.2) is 29.2 Å². The molecule has 0 fully saturated rings. The van der Waals surface area contributed by atoms with Crippen LogP contribution in [0.1, 0.15) is 29.9 Å². The maximum absolute atomic E-state index is 14.1. The Morgan fingerprint density at radius 3 is 2.62 bits per heavy atom. The number of rotatable bonds is 8. The van der Waals surface area contributed by atoms with Crippen molar-refractivity contribution in [2.45, 2.75) is 13.0 Å². The van der Waals surface area contributed by atoms with Gasteiger partial charge in [0.1, 0.15) is 17.3 Å². The van der Waals surface area contributed by atoms with E-state index in [4.69, 9.17) is 18.9 Å². The number of thiazole rings is 1. The number of furan rings is 1. The second kappa shape index (κ2) is 12.5. The van der Waals surface area contributed by atoms with Gasteiger partial charge < -0.3 is 13.9 Å². The molecule has 0 bridgehead atoms. The van der Waals surface area contributed by atoms with Gasteiger partial charge >= 0.3 is 5.97 Å². The summed E-state index contributed by atoms with van der Waals surface area (Å²) < 4.78 is 19.4. The van der Waals surface area contributed by atoms with Crippen molar-refractivity contribution in [1.29, 1.82) is 0 Å². The number of carbonyl (C=O) groups excluding carboxylic acids is 1. The van der Waals surface area contributed by atoms with Gasteiger partial charge in [0, 0.05) is 33.8 Å². The van der Waals surface area contributed by atoms with Gasteiger partial charge in [0.15, 0.2) is 4.80 Å². The van der Waals surface area contributed by atoms with E-state index in [0.717, 1.165) is 0 Å². The van der Waals surface area contributed by atoms with Gasteiger partial charge in [0.25, 0.3) is 11.2 Å². The van der Waals surface area contributed by atoms with Crippen LogP contribution in [0, 0.1) is 10.1 Å². The van der Waals surface area contributed by atoms with Gasteiger partial charge in [-0.2, -0.15) is 0 Å². The van der Waals surface area contributed by atoms with Crippen molar-refractivity contribution in [2.75, 3.05) is 13.7 Å². The number of benzene rings is 3. The van der Waals surface area contributed by atoms with Crippen molar-refractivity contribution in [3.63, 3.8) is 0 Å². The van der Waals surface area contributed by atoms with E-state index in [-0.39, 0.29) is 23.4 Å². The van der Waals surface area contributed by atoms with Gasteiger partial charge in [-0.05, 0) is 58.7 Å². The summed E-state index contributed by atoms with van der Waals surface area (Å²) in [4.78, 5) is 43.6. The van der Waals surface area contributed by atoms with E-state index in [0.29, 0.717) is 53.5 Å². The number of fused-ring (bicyclic) bond motifs is 1. The van der Waals surface area contributed by atoms with Crippen LogP contribution in [0.2, 0.25) is 0 Å². The molecule has 5 aromatic rings. The summed E-state index contributed by atoms with van der Waals surface area (Å²) in [6, 6.07) is 23.5. The van der Waals surface area contributed by atoms with Gasteiger partial charge in [0.05, 0.1) is 40.5 Å². The fourth-order valence-corrected chi connectivity index (χ4v) is 6.63. The molecule has 0 radical (unpaired) electrons.